The summed E-state index contributed by atoms with van der Waals surface area (Å²) in [6, 6.07) is 12.8. The lowest BCUT2D eigenvalue weighted by Crippen LogP contribution is -2.38. The topological polar surface area (TPSA) is 61.4 Å². The second kappa shape index (κ2) is 10.8. The van der Waals surface area contributed by atoms with Crippen LogP contribution in [0.2, 0.25) is 15.1 Å². The average Bonchev–Trinajstić information content (AvgIpc) is 3.05. The van der Waals surface area contributed by atoms with Gasteiger partial charge >= 0.3 is 6.03 Å². The molecule has 1 N–H and O–H groups in total. The summed E-state index contributed by atoms with van der Waals surface area (Å²) in [5, 5.41) is 4.40. The number of hydrogen-bond donors (Lipinski definition) is 1. The van der Waals surface area contributed by atoms with Gasteiger partial charge in [-0.3, -0.25) is 0 Å². The Hall–Kier alpha value is -2.54. The number of carbonyl (C=O) groups excluding carboxylic acids is 1. The minimum atomic E-state index is -0.215. The van der Waals surface area contributed by atoms with Crippen LogP contribution in [0, 0.1) is 13.8 Å². The molecule has 9 heteroatoms. The molecule has 2 heterocycles. The van der Waals surface area contributed by atoms with Gasteiger partial charge in [0.15, 0.2) is 0 Å². The highest BCUT2D eigenvalue weighted by Gasteiger charge is 2.24. The fraction of sp³-hybridized carbons (Fsp3) is 0.320. The number of amides is 2. The normalized spacial score (nSPS) is 14.1. The molecule has 1 aromatic heterocycles. The summed E-state index contributed by atoms with van der Waals surface area (Å²) in [6.45, 7) is 6.56. The van der Waals surface area contributed by atoms with Crippen molar-refractivity contribution in [2.24, 2.45) is 0 Å². The zero-order valence-electron chi connectivity index (χ0n) is 19.1. The number of hydrogen-bond acceptors (Lipinski definition) is 4. The third-order valence-corrected chi connectivity index (χ3v) is 6.76. The molecule has 0 radical (unpaired) electrons. The molecule has 34 heavy (non-hydrogen) atoms. The number of aryl methyl sites for hydroxylation is 2. The first-order chi connectivity index (χ1) is 16.3. The molecular formula is C25H26Cl3N5O. The number of urea groups is 1. The van der Waals surface area contributed by atoms with Crippen LogP contribution < -0.4 is 10.2 Å². The Bertz CT molecular complexity index is 1170. The highest BCUT2D eigenvalue weighted by molar-refractivity contribution is 6.39. The van der Waals surface area contributed by atoms with Crippen LogP contribution in [0.5, 0.6) is 0 Å². The molecule has 0 aliphatic carbocycles. The van der Waals surface area contributed by atoms with Crippen LogP contribution in [0.1, 0.15) is 29.1 Å². The molecule has 4 rings (SSSR count). The van der Waals surface area contributed by atoms with Gasteiger partial charge in [0.1, 0.15) is 11.6 Å². The second-order valence-corrected chi connectivity index (χ2v) is 9.57. The lowest BCUT2D eigenvalue weighted by Gasteiger charge is -2.26. The average molecular weight is 519 g/mol. The Kier molecular flexibility index (Phi) is 7.81. The number of nitrogens with zero attached hydrogens (tertiary/aromatic N) is 4. The molecule has 0 spiro atoms. The van der Waals surface area contributed by atoms with Crippen LogP contribution in [0.4, 0.5) is 16.3 Å². The fourth-order valence-electron chi connectivity index (χ4n) is 4.13. The van der Waals surface area contributed by atoms with Gasteiger partial charge in [0.2, 0.25) is 0 Å². The van der Waals surface area contributed by atoms with Gasteiger partial charge in [-0.05, 0) is 50.1 Å². The van der Waals surface area contributed by atoms with Crippen molar-refractivity contribution in [1.82, 2.24) is 14.9 Å². The van der Waals surface area contributed by atoms with Crippen LogP contribution in [0.25, 0.3) is 0 Å². The van der Waals surface area contributed by atoms with E-state index >= 15 is 0 Å². The van der Waals surface area contributed by atoms with Gasteiger partial charge in [0.25, 0.3) is 0 Å². The molecule has 178 valence electrons. The summed E-state index contributed by atoms with van der Waals surface area (Å²) in [5.74, 6) is 1.66. The van der Waals surface area contributed by atoms with Crippen LogP contribution in [0.15, 0.2) is 42.5 Å². The highest BCUT2D eigenvalue weighted by Crippen LogP contribution is 2.30. The first-order valence-electron chi connectivity index (χ1n) is 11.2. The van der Waals surface area contributed by atoms with Crippen molar-refractivity contribution < 1.29 is 4.79 Å². The van der Waals surface area contributed by atoms with E-state index in [9.17, 15) is 4.79 Å². The lowest BCUT2D eigenvalue weighted by atomic mass is 10.0. The van der Waals surface area contributed by atoms with E-state index in [2.05, 4.69) is 15.2 Å². The maximum atomic E-state index is 13.0. The maximum absolute atomic E-state index is 13.0. The van der Waals surface area contributed by atoms with Gasteiger partial charge in [-0.25, -0.2) is 14.8 Å². The number of benzene rings is 2. The van der Waals surface area contributed by atoms with Crippen molar-refractivity contribution in [3.63, 3.8) is 0 Å². The summed E-state index contributed by atoms with van der Waals surface area (Å²) in [5.41, 5.74) is 3.64. The van der Waals surface area contributed by atoms with Gasteiger partial charge in [0, 0.05) is 48.9 Å². The standard InChI is InChI=1S/C25H26Cl3N5O/c1-16-20(15-18-7-9-19(26)10-8-18)24(30-17(2)29-16)32-11-4-12-33(14-13-32)25(34)31-23-21(27)5-3-6-22(23)28/h3,5-10H,4,11-15H2,1-2H3,(H,31,34). The smallest absolute Gasteiger partial charge is 0.321 e. The largest absolute Gasteiger partial charge is 0.354 e. The molecule has 2 aromatic carbocycles. The molecule has 6 nitrogen and oxygen atoms in total. The molecule has 3 aromatic rings. The van der Waals surface area contributed by atoms with Crippen molar-refractivity contribution in [2.45, 2.75) is 26.7 Å². The number of rotatable bonds is 4. The Balaban J connectivity index is 1.51. The van der Waals surface area contributed by atoms with Crippen LogP contribution in [-0.4, -0.2) is 47.1 Å². The monoisotopic (exact) mass is 517 g/mol. The van der Waals surface area contributed by atoms with E-state index in [0.29, 0.717) is 46.8 Å². The van der Waals surface area contributed by atoms with Gasteiger partial charge in [0.05, 0.1) is 15.7 Å². The van der Waals surface area contributed by atoms with Crippen LogP contribution in [-0.2, 0) is 6.42 Å². The summed E-state index contributed by atoms with van der Waals surface area (Å²) in [4.78, 5) is 26.4. The van der Waals surface area contributed by atoms with E-state index in [-0.39, 0.29) is 6.03 Å². The molecular weight excluding hydrogens is 493 g/mol. The number of halogens is 3. The Labute approximate surface area is 214 Å². The zero-order chi connectivity index (χ0) is 24.2. The molecule has 2 amide bonds. The Morgan fingerprint density at radius 3 is 2.35 bits per heavy atom. The van der Waals surface area contributed by atoms with E-state index in [0.717, 1.165) is 41.4 Å². The van der Waals surface area contributed by atoms with E-state index in [1.54, 1.807) is 23.1 Å². The van der Waals surface area contributed by atoms with E-state index in [4.69, 9.17) is 39.8 Å². The molecule has 0 saturated carbocycles. The quantitative estimate of drug-likeness (QED) is 0.435. The van der Waals surface area contributed by atoms with Crippen LogP contribution in [0.3, 0.4) is 0 Å². The predicted octanol–water partition coefficient (Wildman–Crippen LogP) is 6.39. The van der Waals surface area contributed by atoms with E-state index in [1.165, 1.54) is 0 Å². The van der Waals surface area contributed by atoms with E-state index < -0.39 is 0 Å². The predicted molar refractivity (Wildman–Crippen MR) is 140 cm³/mol. The third kappa shape index (κ3) is 5.74. The fourth-order valence-corrected chi connectivity index (χ4v) is 4.75. The highest BCUT2D eigenvalue weighted by atomic mass is 35.5. The number of carbonyl (C=O) groups is 1. The Morgan fingerprint density at radius 2 is 1.65 bits per heavy atom. The Morgan fingerprint density at radius 1 is 0.941 bits per heavy atom. The van der Waals surface area contributed by atoms with E-state index in [1.807, 2.05) is 38.1 Å². The van der Waals surface area contributed by atoms with Gasteiger partial charge < -0.3 is 15.1 Å². The van der Waals surface area contributed by atoms with Crippen molar-refractivity contribution in [3.8, 4) is 0 Å². The first kappa shape index (κ1) is 24.6. The zero-order valence-corrected chi connectivity index (χ0v) is 21.4. The number of para-hydroxylation sites is 1. The molecule has 1 aliphatic rings. The maximum Gasteiger partial charge on any atom is 0.321 e. The molecule has 1 saturated heterocycles. The summed E-state index contributed by atoms with van der Waals surface area (Å²) in [6.07, 6.45) is 1.52. The lowest BCUT2D eigenvalue weighted by molar-refractivity contribution is 0.215. The molecule has 1 aliphatic heterocycles. The number of anilines is 2. The summed E-state index contributed by atoms with van der Waals surface area (Å²) >= 11 is 18.5. The van der Waals surface area contributed by atoms with Crippen molar-refractivity contribution >= 4 is 52.3 Å². The minimum Gasteiger partial charge on any atom is -0.354 e. The molecule has 0 bridgehead atoms. The van der Waals surface area contributed by atoms with Crippen LogP contribution >= 0.6 is 34.8 Å². The number of aromatic nitrogens is 2. The SMILES string of the molecule is Cc1nc(C)c(Cc2ccc(Cl)cc2)c(N2CCCN(C(=O)Nc3c(Cl)cccc3Cl)CC2)n1. The van der Waals surface area contributed by atoms with Gasteiger partial charge in [-0.15, -0.1) is 0 Å². The van der Waals surface area contributed by atoms with Crippen molar-refractivity contribution in [3.05, 3.63) is 80.2 Å². The third-order valence-electron chi connectivity index (χ3n) is 5.88. The van der Waals surface area contributed by atoms with Gasteiger partial charge in [-0.1, -0.05) is 53.0 Å². The number of nitrogens with one attached hydrogen (secondary N) is 1. The van der Waals surface area contributed by atoms with Crippen molar-refractivity contribution in [1.29, 1.82) is 0 Å². The van der Waals surface area contributed by atoms with Gasteiger partial charge in [-0.2, -0.15) is 0 Å². The molecule has 0 atom stereocenters. The molecule has 1 fully saturated rings. The van der Waals surface area contributed by atoms with Crippen molar-refractivity contribution in [2.75, 3.05) is 36.4 Å². The minimum absolute atomic E-state index is 0.215. The summed E-state index contributed by atoms with van der Waals surface area (Å²) < 4.78 is 0. The first-order valence-corrected chi connectivity index (χ1v) is 12.3. The summed E-state index contributed by atoms with van der Waals surface area (Å²) in [7, 11) is 0. The molecule has 0 unspecified atom stereocenters. The second-order valence-electron chi connectivity index (χ2n) is 8.32.